The summed E-state index contributed by atoms with van der Waals surface area (Å²) < 4.78 is 4.99. The van der Waals surface area contributed by atoms with Gasteiger partial charge >= 0.3 is 0 Å². The van der Waals surface area contributed by atoms with E-state index in [1.54, 1.807) is 7.11 Å². The van der Waals surface area contributed by atoms with Crippen LogP contribution >= 0.6 is 0 Å². The third-order valence-electron chi connectivity index (χ3n) is 4.84. The highest BCUT2D eigenvalue weighted by molar-refractivity contribution is 5.77. The lowest BCUT2D eigenvalue weighted by molar-refractivity contribution is -0.135. The molecule has 23 heavy (non-hydrogen) atoms. The first kappa shape index (κ1) is 18.2. The van der Waals surface area contributed by atoms with Gasteiger partial charge in [-0.25, -0.2) is 0 Å². The molecule has 0 radical (unpaired) electrons. The van der Waals surface area contributed by atoms with Gasteiger partial charge in [0.15, 0.2) is 0 Å². The number of hydrogen-bond donors (Lipinski definition) is 1. The van der Waals surface area contributed by atoms with Gasteiger partial charge in [-0.2, -0.15) is 0 Å². The molecular weight excluding hydrogens is 294 g/mol. The van der Waals surface area contributed by atoms with Gasteiger partial charge in [-0.3, -0.25) is 14.5 Å². The monoisotopic (exact) mass is 325 g/mol. The van der Waals surface area contributed by atoms with Crippen LogP contribution < -0.4 is 5.32 Å². The summed E-state index contributed by atoms with van der Waals surface area (Å²) in [6.07, 6.45) is 6.96. The number of carbonyl (C=O) groups excluding carboxylic acids is 2. The average Bonchev–Trinajstić information content (AvgIpc) is 2.55. The van der Waals surface area contributed by atoms with Gasteiger partial charge in [0.1, 0.15) is 6.61 Å². The van der Waals surface area contributed by atoms with E-state index in [1.165, 1.54) is 12.8 Å². The molecule has 2 aliphatic rings. The molecule has 2 saturated heterocycles. The molecule has 0 aromatic carbocycles. The molecule has 0 spiro atoms. The summed E-state index contributed by atoms with van der Waals surface area (Å²) in [4.78, 5) is 28.6. The normalized spacial score (nSPS) is 25.5. The van der Waals surface area contributed by atoms with Gasteiger partial charge in [0.25, 0.3) is 0 Å². The van der Waals surface area contributed by atoms with Gasteiger partial charge in [0.2, 0.25) is 11.8 Å². The Labute approximate surface area is 139 Å². The number of amides is 2. The van der Waals surface area contributed by atoms with E-state index >= 15 is 0 Å². The Bertz CT molecular complexity index is 389. The molecule has 2 rings (SSSR count). The molecule has 1 N–H and O–H groups in total. The molecule has 1 unspecified atom stereocenters. The Morgan fingerprint density at radius 2 is 1.87 bits per heavy atom. The summed E-state index contributed by atoms with van der Waals surface area (Å²) in [5, 5.41) is 3.03. The molecule has 1 atom stereocenters. The minimum atomic E-state index is 0.0709. The van der Waals surface area contributed by atoms with Crippen molar-refractivity contribution in [1.29, 1.82) is 0 Å². The van der Waals surface area contributed by atoms with Gasteiger partial charge < -0.3 is 15.0 Å². The predicted octanol–water partition coefficient (Wildman–Crippen LogP) is 1.01. The lowest BCUT2D eigenvalue weighted by Gasteiger charge is -2.35. The van der Waals surface area contributed by atoms with Crippen molar-refractivity contribution in [2.75, 3.05) is 46.4 Å². The number of nitrogens with one attached hydrogen (secondary N) is 1. The number of nitrogens with zero attached hydrogens (tertiary/aromatic N) is 2. The van der Waals surface area contributed by atoms with Crippen LogP contribution in [0.25, 0.3) is 0 Å². The number of rotatable bonds is 2. The van der Waals surface area contributed by atoms with Crippen LogP contribution in [0.15, 0.2) is 0 Å². The third-order valence-corrected chi connectivity index (χ3v) is 4.84. The van der Waals surface area contributed by atoms with Crippen LogP contribution in [0, 0.1) is 0 Å². The number of ether oxygens (including phenoxy) is 1. The number of hydrogen-bond acceptors (Lipinski definition) is 4. The molecule has 2 aliphatic heterocycles. The van der Waals surface area contributed by atoms with Crippen LogP contribution in [-0.2, 0) is 14.3 Å². The Morgan fingerprint density at radius 3 is 2.70 bits per heavy atom. The number of carbonyl (C=O) groups is 2. The van der Waals surface area contributed by atoms with Gasteiger partial charge in [-0.1, -0.05) is 6.42 Å². The zero-order valence-corrected chi connectivity index (χ0v) is 14.4. The molecular formula is C17H31N3O3. The quantitative estimate of drug-likeness (QED) is 0.823. The Balaban J connectivity index is 1.95. The van der Waals surface area contributed by atoms with E-state index in [9.17, 15) is 9.59 Å². The molecule has 2 fully saturated rings. The van der Waals surface area contributed by atoms with Crippen molar-refractivity contribution in [3.05, 3.63) is 0 Å². The van der Waals surface area contributed by atoms with Crippen molar-refractivity contribution < 1.29 is 14.3 Å². The molecule has 0 aliphatic carbocycles. The highest BCUT2D eigenvalue weighted by Gasteiger charge is 2.25. The molecule has 2 heterocycles. The van der Waals surface area contributed by atoms with Crippen molar-refractivity contribution in [2.45, 2.75) is 51.0 Å². The van der Waals surface area contributed by atoms with Crippen molar-refractivity contribution in [3.8, 4) is 0 Å². The Morgan fingerprint density at radius 1 is 1.13 bits per heavy atom. The molecule has 2 amide bonds. The lowest BCUT2D eigenvalue weighted by atomic mass is 9.98. The number of methoxy groups -OCH3 is 1. The molecule has 132 valence electrons. The molecule has 0 aromatic heterocycles. The molecule has 0 saturated carbocycles. The standard InChI is InChI=1S/C17H31N3O3/c1-23-14-17(22)20-10-5-3-8-18-16(21)13-15-7-2-4-9-19(15)11-6-12-20/h15H,2-14H2,1H3,(H,18,21). The molecule has 0 aromatic rings. The van der Waals surface area contributed by atoms with E-state index in [4.69, 9.17) is 4.74 Å². The van der Waals surface area contributed by atoms with E-state index in [-0.39, 0.29) is 18.4 Å². The second-order valence-corrected chi connectivity index (χ2v) is 6.61. The largest absolute Gasteiger partial charge is 0.375 e. The van der Waals surface area contributed by atoms with Gasteiger partial charge in [-0.05, 0) is 38.6 Å². The second-order valence-electron chi connectivity index (χ2n) is 6.61. The summed E-state index contributed by atoms with van der Waals surface area (Å²) in [5.41, 5.74) is 0. The summed E-state index contributed by atoms with van der Waals surface area (Å²) in [6.45, 7) is 4.44. The number of piperidine rings is 1. The summed E-state index contributed by atoms with van der Waals surface area (Å²) >= 11 is 0. The van der Waals surface area contributed by atoms with E-state index in [1.807, 2.05) is 4.90 Å². The molecule has 6 heteroatoms. The number of fused-ring (bicyclic) bond motifs is 1. The maximum absolute atomic E-state index is 12.1. The average molecular weight is 325 g/mol. The topological polar surface area (TPSA) is 61.9 Å². The van der Waals surface area contributed by atoms with Crippen molar-refractivity contribution in [1.82, 2.24) is 15.1 Å². The zero-order valence-electron chi connectivity index (χ0n) is 14.4. The highest BCUT2D eigenvalue weighted by atomic mass is 16.5. The minimum absolute atomic E-state index is 0.0709. The van der Waals surface area contributed by atoms with Gasteiger partial charge in [0.05, 0.1) is 0 Å². The van der Waals surface area contributed by atoms with Crippen LogP contribution in [0.1, 0.15) is 44.9 Å². The summed E-state index contributed by atoms with van der Waals surface area (Å²) in [5.74, 6) is 0.245. The maximum atomic E-state index is 12.1. The maximum Gasteiger partial charge on any atom is 0.248 e. The first-order chi connectivity index (χ1) is 11.2. The van der Waals surface area contributed by atoms with Crippen LogP contribution in [0.3, 0.4) is 0 Å². The van der Waals surface area contributed by atoms with E-state index in [0.717, 1.165) is 51.9 Å². The van der Waals surface area contributed by atoms with Gasteiger partial charge in [-0.15, -0.1) is 0 Å². The minimum Gasteiger partial charge on any atom is -0.375 e. The Hall–Kier alpha value is -1.14. The third kappa shape index (κ3) is 6.11. The fourth-order valence-corrected chi connectivity index (χ4v) is 3.57. The predicted molar refractivity (Wildman–Crippen MR) is 89.1 cm³/mol. The zero-order chi connectivity index (χ0) is 16.5. The first-order valence-corrected chi connectivity index (χ1v) is 8.98. The van der Waals surface area contributed by atoms with Crippen molar-refractivity contribution in [2.24, 2.45) is 0 Å². The molecule has 6 nitrogen and oxygen atoms in total. The van der Waals surface area contributed by atoms with Crippen molar-refractivity contribution in [3.63, 3.8) is 0 Å². The summed E-state index contributed by atoms with van der Waals surface area (Å²) in [6, 6.07) is 0.368. The smallest absolute Gasteiger partial charge is 0.248 e. The fourth-order valence-electron chi connectivity index (χ4n) is 3.57. The van der Waals surface area contributed by atoms with Gasteiger partial charge in [0, 0.05) is 45.8 Å². The lowest BCUT2D eigenvalue weighted by Crippen LogP contribution is -2.44. The molecule has 0 bridgehead atoms. The van der Waals surface area contributed by atoms with Crippen LogP contribution in [0.2, 0.25) is 0 Å². The highest BCUT2D eigenvalue weighted by Crippen LogP contribution is 2.20. The second kappa shape index (κ2) is 9.88. The summed E-state index contributed by atoms with van der Waals surface area (Å²) in [7, 11) is 1.56. The van der Waals surface area contributed by atoms with E-state index in [2.05, 4.69) is 10.2 Å². The van der Waals surface area contributed by atoms with Crippen molar-refractivity contribution >= 4 is 11.8 Å². The Kier molecular flexibility index (Phi) is 7.82. The van der Waals surface area contributed by atoms with E-state index < -0.39 is 0 Å². The van der Waals surface area contributed by atoms with E-state index in [0.29, 0.717) is 19.0 Å². The first-order valence-electron chi connectivity index (χ1n) is 8.98. The van der Waals surface area contributed by atoms with Crippen LogP contribution in [0.5, 0.6) is 0 Å². The SMILES string of the molecule is COCC(=O)N1CCCCNC(=O)CC2CCCCN2CCC1. The van der Waals surface area contributed by atoms with Crippen LogP contribution in [-0.4, -0.2) is 74.1 Å². The van der Waals surface area contributed by atoms with Crippen LogP contribution in [0.4, 0.5) is 0 Å². The fraction of sp³-hybridized carbons (Fsp3) is 0.882.